The fourth-order valence-corrected chi connectivity index (χ4v) is 4.47. The highest BCUT2D eigenvalue weighted by Crippen LogP contribution is 2.52. The average Bonchev–Trinajstić information content (AvgIpc) is 2.77. The minimum Gasteiger partial charge on any atom is -0.465 e. The molecule has 0 aliphatic carbocycles. The first-order valence-corrected chi connectivity index (χ1v) is 7.83. The minimum atomic E-state index is -0.936. The number of carbonyl (C=O) groups is 2. The summed E-state index contributed by atoms with van der Waals surface area (Å²) in [5, 5.41) is 0.666. The molecule has 3 atom stereocenters. The van der Waals surface area contributed by atoms with Gasteiger partial charge in [0.1, 0.15) is 17.5 Å². The standard InChI is InChI=1S/C15H14N2O3S/c1-8(18)12-13-9-5-3-4-6-10(9)20-15(12,2)16-14-17(13)11(19)7-21-14/h3-6,12-13H,7H2,1-2H3/t12-,13+,15+/m1/s1. The van der Waals surface area contributed by atoms with Crippen LogP contribution in [-0.2, 0) is 9.59 Å². The predicted octanol–water partition coefficient (Wildman–Crippen LogP) is 1.99. The van der Waals surface area contributed by atoms with Crippen molar-refractivity contribution in [2.24, 2.45) is 10.9 Å². The molecule has 2 bridgehead atoms. The Labute approximate surface area is 126 Å². The van der Waals surface area contributed by atoms with Gasteiger partial charge in [-0.05, 0) is 19.9 Å². The molecule has 108 valence electrons. The van der Waals surface area contributed by atoms with Gasteiger partial charge in [0.15, 0.2) is 5.17 Å². The van der Waals surface area contributed by atoms with E-state index in [0.29, 0.717) is 16.7 Å². The Morgan fingerprint density at radius 3 is 3.00 bits per heavy atom. The maximum atomic E-state index is 12.3. The third-order valence-electron chi connectivity index (χ3n) is 4.28. The van der Waals surface area contributed by atoms with Crippen LogP contribution in [0.25, 0.3) is 0 Å². The number of fused-ring (bicyclic) bond motifs is 6. The second-order valence-electron chi connectivity index (χ2n) is 5.67. The van der Waals surface area contributed by atoms with E-state index in [1.165, 1.54) is 11.8 Å². The molecule has 21 heavy (non-hydrogen) atoms. The van der Waals surface area contributed by atoms with E-state index in [2.05, 4.69) is 4.99 Å². The molecule has 6 heteroatoms. The van der Waals surface area contributed by atoms with Crippen LogP contribution in [0.1, 0.15) is 25.5 Å². The number of ketones is 1. The largest absolute Gasteiger partial charge is 0.465 e. The Morgan fingerprint density at radius 2 is 2.24 bits per heavy atom. The lowest BCUT2D eigenvalue weighted by Gasteiger charge is -2.49. The predicted molar refractivity (Wildman–Crippen MR) is 79.1 cm³/mol. The lowest BCUT2D eigenvalue weighted by Crippen LogP contribution is -2.58. The Kier molecular flexibility index (Phi) is 2.52. The maximum Gasteiger partial charge on any atom is 0.239 e. The van der Waals surface area contributed by atoms with Gasteiger partial charge >= 0.3 is 0 Å². The summed E-state index contributed by atoms with van der Waals surface area (Å²) in [4.78, 5) is 30.8. The molecule has 1 fully saturated rings. The summed E-state index contributed by atoms with van der Waals surface area (Å²) in [5.41, 5.74) is -0.0488. The smallest absolute Gasteiger partial charge is 0.239 e. The second kappa shape index (κ2) is 4.10. The number of carbonyl (C=O) groups excluding carboxylic acids is 2. The molecule has 0 N–H and O–H groups in total. The van der Waals surface area contributed by atoms with E-state index in [1.54, 1.807) is 11.8 Å². The summed E-state index contributed by atoms with van der Waals surface area (Å²) >= 11 is 1.41. The summed E-state index contributed by atoms with van der Waals surface area (Å²) in [5.74, 6) is 0.602. The Bertz CT molecular complexity index is 702. The fourth-order valence-electron chi connectivity index (χ4n) is 3.48. The zero-order valence-corrected chi connectivity index (χ0v) is 12.5. The van der Waals surface area contributed by atoms with Crippen molar-refractivity contribution < 1.29 is 14.3 Å². The Hall–Kier alpha value is -1.82. The maximum absolute atomic E-state index is 12.3. The van der Waals surface area contributed by atoms with Crippen molar-refractivity contribution in [3.63, 3.8) is 0 Å². The molecule has 0 unspecified atom stereocenters. The van der Waals surface area contributed by atoms with Crippen molar-refractivity contribution in [1.82, 2.24) is 4.90 Å². The van der Waals surface area contributed by atoms with Crippen molar-refractivity contribution in [3.05, 3.63) is 29.8 Å². The molecule has 3 aliphatic rings. The monoisotopic (exact) mass is 302 g/mol. The molecule has 4 rings (SSSR count). The number of benzene rings is 1. The topological polar surface area (TPSA) is 59.0 Å². The average molecular weight is 302 g/mol. The number of hydrogen-bond acceptors (Lipinski definition) is 5. The van der Waals surface area contributed by atoms with Gasteiger partial charge in [0.05, 0.1) is 11.8 Å². The van der Waals surface area contributed by atoms with Crippen LogP contribution in [0.2, 0.25) is 0 Å². The number of amides is 1. The van der Waals surface area contributed by atoms with E-state index in [1.807, 2.05) is 31.2 Å². The molecule has 1 aromatic rings. The van der Waals surface area contributed by atoms with Gasteiger partial charge in [0.25, 0.3) is 0 Å². The van der Waals surface area contributed by atoms with Crippen molar-refractivity contribution in [2.75, 3.05) is 5.75 Å². The molecule has 3 heterocycles. The molecular weight excluding hydrogens is 288 g/mol. The fraction of sp³-hybridized carbons (Fsp3) is 0.400. The van der Waals surface area contributed by atoms with Gasteiger partial charge in [0, 0.05) is 5.56 Å². The van der Waals surface area contributed by atoms with Crippen molar-refractivity contribution >= 4 is 28.6 Å². The first-order chi connectivity index (χ1) is 10.0. The van der Waals surface area contributed by atoms with Crippen LogP contribution >= 0.6 is 11.8 Å². The van der Waals surface area contributed by atoms with Crippen LogP contribution in [0.15, 0.2) is 29.3 Å². The van der Waals surface area contributed by atoms with Gasteiger partial charge in [0.2, 0.25) is 11.6 Å². The van der Waals surface area contributed by atoms with Crippen molar-refractivity contribution in [1.29, 1.82) is 0 Å². The SMILES string of the molecule is CC(=O)[C@@H]1[C@@H]2c3ccccc3O[C@]1(C)N=C1SCC(=O)N12. The Balaban J connectivity index is 1.99. The van der Waals surface area contributed by atoms with Gasteiger partial charge in [-0.3, -0.25) is 14.5 Å². The third kappa shape index (κ3) is 1.62. The highest BCUT2D eigenvalue weighted by Gasteiger charge is 2.58. The zero-order chi connectivity index (χ0) is 14.8. The van der Waals surface area contributed by atoms with Crippen LogP contribution in [0.5, 0.6) is 5.75 Å². The van der Waals surface area contributed by atoms with Crippen LogP contribution in [0.3, 0.4) is 0 Å². The molecule has 1 saturated heterocycles. The number of rotatable bonds is 1. The number of hydrogen-bond donors (Lipinski definition) is 0. The van der Waals surface area contributed by atoms with Crippen molar-refractivity contribution in [2.45, 2.75) is 25.6 Å². The Morgan fingerprint density at radius 1 is 1.48 bits per heavy atom. The molecule has 1 amide bonds. The summed E-state index contributed by atoms with van der Waals surface area (Å²) in [7, 11) is 0. The van der Waals surface area contributed by atoms with E-state index in [9.17, 15) is 9.59 Å². The van der Waals surface area contributed by atoms with E-state index in [0.717, 1.165) is 5.56 Å². The van der Waals surface area contributed by atoms with E-state index in [4.69, 9.17) is 4.74 Å². The summed E-state index contributed by atoms with van der Waals surface area (Å²) in [6.07, 6.45) is 0. The number of aliphatic imine (C=N–C) groups is 1. The van der Waals surface area contributed by atoms with Gasteiger partial charge in [-0.15, -0.1) is 0 Å². The van der Waals surface area contributed by atoms with Gasteiger partial charge in [-0.1, -0.05) is 30.0 Å². The number of amidine groups is 1. The molecule has 0 saturated carbocycles. The molecule has 5 nitrogen and oxygen atoms in total. The number of thioether (sulfide) groups is 1. The van der Waals surface area contributed by atoms with E-state index < -0.39 is 11.6 Å². The highest BCUT2D eigenvalue weighted by molar-refractivity contribution is 8.15. The summed E-state index contributed by atoms with van der Waals surface area (Å²) in [6, 6.07) is 7.27. The molecule has 0 aromatic heterocycles. The minimum absolute atomic E-state index is 0.00810. The highest BCUT2D eigenvalue weighted by atomic mass is 32.2. The number of para-hydroxylation sites is 1. The number of nitrogens with zero attached hydrogens (tertiary/aromatic N) is 2. The van der Waals surface area contributed by atoms with Gasteiger partial charge < -0.3 is 4.74 Å². The zero-order valence-electron chi connectivity index (χ0n) is 11.7. The summed E-state index contributed by atoms with van der Waals surface area (Å²) < 4.78 is 6.05. The van der Waals surface area contributed by atoms with E-state index in [-0.39, 0.29) is 17.7 Å². The number of ether oxygens (including phenoxy) is 1. The van der Waals surface area contributed by atoms with Crippen LogP contribution in [0.4, 0.5) is 0 Å². The number of Topliss-reactive ketones (excluding diaryl/α,β-unsaturated/α-hetero) is 1. The van der Waals surface area contributed by atoms with Crippen LogP contribution in [-0.4, -0.2) is 33.2 Å². The van der Waals surface area contributed by atoms with Crippen molar-refractivity contribution in [3.8, 4) is 5.75 Å². The molecular formula is C15H14N2O3S. The first kappa shape index (κ1) is 12.9. The third-order valence-corrected chi connectivity index (χ3v) is 5.22. The normalized spacial score (nSPS) is 33.0. The summed E-state index contributed by atoms with van der Waals surface area (Å²) in [6.45, 7) is 3.37. The lowest BCUT2D eigenvalue weighted by atomic mass is 9.78. The quantitative estimate of drug-likeness (QED) is 0.796. The first-order valence-electron chi connectivity index (χ1n) is 6.84. The van der Waals surface area contributed by atoms with E-state index >= 15 is 0 Å². The van der Waals surface area contributed by atoms with Crippen LogP contribution < -0.4 is 4.74 Å². The molecule has 0 spiro atoms. The molecule has 1 aromatic carbocycles. The second-order valence-corrected chi connectivity index (χ2v) is 6.62. The molecule has 0 radical (unpaired) electrons. The molecule has 3 aliphatic heterocycles. The van der Waals surface area contributed by atoms with Crippen LogP contribution in [0, 0.1) is 5.92 Å². The van der Waals surface area contributed by atoms with Gasteiger partial charge in [-0.25, -0.2) is 4.99 Å². The van der Waals surface area contributed by atoms with Gasteiger partial charge in [-0.2, -0.15) is 0 Å². The lowest BCUT2D eigenvalue weighted by molar-refractivity contribution is -0.140.